The van der Waals surface area contributed by atoms with Gasteiger partial charge in [-0.2, -0.15) is 0 Å². The Morgan fingerprint density at radius 1 is 1.69 bits per heavy atom. The Labute approximate surface area is 78.0 Å². The van der Waals surface area contributed by atoms with Gasteiger partial charge >= 0.3 is 5.97 Å². The maximum Gasteiger partial charge on any atom is 0.328 e. The minimum absolute atomic E-state index is 0.464. The molecule has 2 aliphatic rings. The van der Waals surface area contributed by atoms with Crippen molar-refractivity contribution >= 4 is 5.97 Å². The van der Waals surface area contributed by atoms with Crippen LogP contribution in [-0.4, -0.2) is 11.1 Å². The fourth-order valence-corrected chi connectivity index (χ4v) is 2.38. The summed E-state index contributed by atoms with van der Waals surface area (Å²) in [4.78, 5) is 10.4. The summed E-state index contributed by atoms with van der Waals surface area (Å²) in [7, 11) is 0. The molecule has 0 aromatic heterocycles. The number of hydrogen-bond acceptors (Lipinski definition) is 1. The SMILES string of the molecule is CCC1=C[C@@H]2C(=CC(=O)O)C[C@H]2C1. The van der Waals surface area contributed by atoms with Crippen LogP contribution in [0.25, 0.3) is 0 Å². The molecule has 0 saturated heterocycles. The summed E-state index contributed by atoms with van der Waals surface area (Å²) < 4.78 is 0. The van der Waals surface area contributed by atoms with Crippen LogP contribution in [0.5, 0.6) is 0 Å². The predicted octanol–water partition coefficient (Wildman–Crippen LogP) is 2.37. The first-order chi connectivity index (χ1) is 6.20. The summed E-state index contributed by atoms with van der Waals surface area (Å²) in [5.41, 5.74) is 2.62. The lowest BCUT2D eigenvalue weighted by Crippen LogP contribution is -2.24. The van der Waals surface area contributed by atoms with E-state index in [-0.39, 0.29) is 0 Å². The van der Waals surface area contributed by atoms with Crippen LogP contribution < -0.4 is 0 Å². The van der Waals surface area contributed by atoms with Crippen molar-refractivity contribution in [3.63, 3.8) is 0 Å². The molecular weight excluding hydrogens is 164 g/mol. The monoisotopic (exact) mass is 178 g/mol. The van der Waals surface area contributed by atoms with E-state index in [4.69, 9.17) is 5.11 Å². The maximum atomic E-state index is 10.4. The third-order valence-electron chi connectivity index (χ3n) is 3.14. The van der Waals surface area contributed by atoms with Crippen LogP contribution in [-0.2, 0) is 4.79 Å². The maximum absolute atomic E-state index is 10.4. The molecule has 2 rings (SSSR count). The lowest BCUT2D eigenvalue weighted by Gasteiger charge is -2.33. The molecule has 0 bridgehead atoms. The quantitative estimate of drug-likeness (QED) is 0.520. The van der Waals surface area contributed by atoms with Gasteiger partial charge in [-0.25, -0.2) is 4.79 Å². The third-order valence-corrected chi connectivity index (χ3v) is 3.14. The zero-order chi connectivity index (χ0) is 9.42. The normalized spacial score (nSPS) is 33.9. The molecule has 0 amide bonds. The van der Waals surface area contributed by atoms with Gasteiger partial charge in [-0.15, -0.1) is 0 Å². The van der Waals surface area contributed by atoms with Crippen molar-refractivity contribution in [3.8, 4) is 0 Å². The highest BCUT2D eigenvalue weighted by atomic mass is 16.4. The summed E-state index contributed by atoms with van der Waals surface area (Å²) in [5, 5.41) is 8.59. The molecule has 0 aromatic carbocycles. The molecule has 2 aliphatic carbocycles. The summed E-state index contributed by atoms with van der Waals surface area (Å²) in [5.74, 6) is 0.387. The Kier molecular flexibility index (Phi) is 1.98. The van der Waals surface area contributed by atoms with E-state index >= 15 is 0 Å². The number of aliphatic carboxylic acids is 1. The van der Waals surface area contributed by atoms with Gasteiger partial charge in [-0.3, -0.25) is 0 Å². The highest BCUT2D eigenvalue weighted by molar-refractivity contribution is 5.81. The molecule has 0 aliphatic heterocycles. The largest absolute Gasteiger partial charge is 0.478 e. The minimum atomic E-state index is -0.799. The second kappa shape index (κ2) is 3.02. The second-order valence-corrected chi connectivity index (χ2v) is 3.93. The van der Waals surface area contributed by atoms with Gasteiger partial charge in [0.1, 0.15) is 0 Å². The van der Waals surface area contributed by atoms with Crippen molar-refractivity contribution in [2.75, 3.05) is 0 Å². The number of carbonyl (C=O) groups is 1. The summed E-state index contributed by atoms with van der Waals surface area (Å²) in [6.07, 6.45) is 6.96. The molecule has 1 fully saturated rings. The van der Waals surface area contributed by atoms with Gasteiger partial charge in [0, 0.05) is 12.0 Å². The summed E-state index contributed by atoms with van der Waals surface area (Å²) >= 11 is 0. The Morgan fingerprint density at radius 2 is 2.46 bits per heavy atom. The topological polar surface area (TPSA) is 37.3 Å². The van der Waals surface area contributed by atoms with Crippen molar-refractivity contribution in [3.05, 3.63) is 23.3 Å². The van der Waals surface area contributed by atoms with Gasteiger partial charge in [0.25, 0.3) is 0 Å². The molecule has 0 radical (unpaired) electrons. The van der Waals surface area contributed by atoms with E-state index in [1.807, 2.05) is 0 Å². The van der Waals surface area contributed by atoms with Crippen molar-refractivity contribution in [2.45, 2.75) is 26.2 Å². The molecule has 1 saturated carbocycles. The summed E-state index contributed by atoms with van der Waals surface area (Å²) in [6.45, 7) is 2.16. The van der Waals surface area contributed by atoms with Crippen LogP contribution in [0.15, 0.2) is 23.3 Å². The van der Waals surface area contributed by atoms with E-state index in [9.17, 15) is 4.79 Å². The second-order valence-electron chi connectivity index (χ2n) is 3.93. The fraction of sp³-hybridized carbons (Fsp3) is 0.545. The molecule has 70 valence electrons. The molecule has 2 nitrogen and oxygen atoms in total. The Bertz CT molecular complexity index is 299. The van der Waals surface area contributed by atoms with Crippen molar-refractivity contribution in [1.29, 1.82) is 0 Å². The van der Waals surface area contributed by atoms with Gasteiger partial charge in [0.2, 0.25) is 0 Å². The van der Waals surface area contributed by atoms with Crippen LogP contribution in [0.3, 0.4) is 0 Å². The molecule has 13 heavy (non-hydrogen) atoms. The standard InChI is InChI=1S/C11H14O2/c1-2-7-3-8-5-9(6-11(12)13)10(8)4-7/h4,6,8,10H,2-3,5H2,1H3,(H,12,13)/t8-,10+/m1/s1. The smallest absolute Gasteiger partial charge is 0.328 e. The van der Waals surface area contributed by atoms with Crippen LogP contribution in [0.1, 0.15) is 26.2 Å². The van der Waals surface area contributed by atoms with Crippen molar-refractivity contribution in [1.82, 2.24) is 0 Å². The van der Waals surface area contributed by atoms with Gasteiger partial charge in [-0.05, 0) is 25.2 Å². The first-order valence-electron chi connectivity index (χ1n) is 4.83. The van der Waals surface area contributed by atoms with Crippen LogP contribution >= 0.6 is 0 Å². The first-order valence-corrected chi connectivity index (χ1v) is 4.83. The first kappa shape index (κ1) is 8.54. The van der Waals surface area contributed by atoms with E-state index in [1.54, 1.807) is 0 Å². The van der Waals surface area contributed by atoms with Crippen LogP contribution in [0, 0.1) is 11.8 Å². The molecule has 0 spiro atoms. The number of carboxylic acids is 1. The van der Waals surface area contributed by atoms with Crippen LogP contribution in [0.4, 0.5) is 0 Å². The third kappa shape index (κ3) is 1.41. The number of fused-ring (bicyclic) bond motifs is 1. The average molecular weight is 178 g/mol. The molecule has 0 unspecified atom stereocenters. The van der Waals surface area contributed by atoms with E-state index in [1.165, 1.54) is 18.1 Å². The Hall–Kier alpha value is -1.05. The Balaban J connectivity index is 2.09. The van der Waals surface area contributed by atoms with E-state index in [2.05, 4.69) is 13.0 Å². The predicted molar refractivity (Wildman–Crippen MR) is 50.3 cm³/mol. The zero-order valence-electron chi connectivity index (χ0n) is 7.79. The molecule has 2 heteroatoms. The number of allylic oxidation sites excluding steroid dienone is 3. The Morgan fingerprint density at radius 3 is 3.08 bits per heavy atom. The van der Waals surface area contributed by atoms with Gasteiger partial charge in [-0.1, -0.05) is 24.1 Å². The highest BCUT2D eigenvalue weighted by Crippen LogP contribution is 2.49. The van der Waals surface area contributed by atoms with Gasteiger partial charge in [0.05, 0.1) is 0 Å². The van der Waals surface area contributed by atoms with Crippen molar-refractivity contribution < 1.29 is 9.90 Å². The lowest BCUT2D eigenvalue weighted by atomic mass is 9.71. The summed E-state index contributed by atoms with van der Waals surface area (Å²) in [6, 6.07) is 0. The van der Waals surface area contributed by atoms with Gasteiger partial charge < -0.3 is 5.11 Å². The molecule has 2 atom stereocenters. The number of hydrogen-bond donors (Lipinski definition) is 1. The van der Waals surface area contributed by atoms with Gasteiger partial charge in [0.15, 0.2) is 0 Å². The molecular formula is C11H14O2. The number of carboxylic acid groups (broad SMARTS) is 1. The zero-order valence-corrected chi connectivity index (χ0v) is 7.79. The molecule has 0 aromatic rings. The number of rotatable bonds is 2. The van der Waals surface area contributed by atoms with Crippen molar-refractivity contribution in [2.24, 2.45) is 11.8 Å². The highest BCUT2D eigenvalue weighted by Gasteiger charge is 2.38. The lowest BCUT2D eigenvalue weighted by molar-refractivity contribution is -0.131. The van der Waals surface area contributed by atoms with E-state index in [0.717, 1.165) is 24.3 Å². The average Bonchev–Trinajstić information content (AvgIpc) is 2.38. The molecule has 1 N–H and O–H groups in total. The van der Waals surface area contributed by atoms with Crippen LogP contribution in [0.2, 0.25) is 0 Å². The molecule has 0 heterocycles. The minimum Gasteiger partial charge on any atom is -0.478 e. The van der Waals surface area contributed by atoms with E-state index in [0.29, 0.717) is 5.92 Å². The van der Waals surface area contributed by atoms with E-state index < -0.39 is 5.97 Å². The fourth-order valence-electron chi connectivity index (χ4n) is 2.38.